The van der Waals surface area contributed by atoms with Gasteiger partial charge in [-0.25, -0.2) is 19.9 Å². The largest absolute Gasteiger partial charge is 2.00 e. The molecule has 76 heavy (non-hydrogen) atoms. The summed E-state index contributed by atoms with van der Waals surface area (Å²) in [5.74, 6) is 0. The van der Waals surface area contributed by atoms with Gasteiger partial charge in [-0.15, -0.1) is 44.1 Å². The zero-order valence-corrected chi connectivity index (χ0v) is 41.7. The SMILES string of the molecule is [Cu+2].[Cu+2].c1ccc2c(c1)-c1cc3[n-]c(cc4nc(cc5[n-]c(cc-2n1)c1cc2c6cc7nc(cc8[n-]c(cc9nc(cc([n-]6)c2cc51)-c1ccccc1-9)c1ccccc81)-c1ccccc1-7)-c1ccccc1-4)c1ccccc31. The number of aromatic nitrogens is 8. The number of nitrogens with zero attached hydrogens (tertiary/aromatic N) is 8. The summed E-state index contributed by atoms with van der Waals surface area (Å²) in [5.41, 5.74) is 21.8. The number of hydrogen-bond donors (Lipinski definition) is 0. The average Bonchev–Trinajstić information content (AvgIpc) is 4.36. The quantitative estimate of drug-likeness (QED) is 0.138. The smallest absolute Gasteiger partial charge is 0.657 e. The standard InChI is InChI=1S/C66H34N8.2Cu/c1-2-14-36-35(13-1)51-27-55-39-17-5-9-21-43(39)59(69-55)31-63-47-25-49-50(26-48(47)64(73-63)32-60-44-22-10-6-18-40(44)56(70-60)28-52(36)67-51)66-34-62-46-24-12-8-20-42(46)58(72-62)30-54-38-16-4-3-15-37(38)53(68-54)29-57-41-19-7-11-23-45(41)61(71-57)33-65(49)74-66;;/h1-34H;;/q-4;2*+2. The maximum Gasteiger partial charge on any atom is 2.00 e. The van der Waals surface area contributed by atoms with Crippen LogP contribution in [-0.2, 0) is 34.1 Å². The average molecular weight is 1070 g/mol. The molecule has 0 saturated carbocycles. The molecule has 0 aliphatic carbocycles. The molecule has 0 fully saturated rings. The molecule has 0 atom stereocenters. The van der Waals surface area contributed by atoms with Crippen molar-refractivity contribution in [2.24, 2.45) is 0 Å². The fourth-order valence-corrected chi connectivity index (χ4v) is 11.8. The molecule has 17 rings (SSSR count). The second-order valence-electron chi connectivity index (χ2n) is 19.4. The van der Waals surface area contributed by atoms with Crippen LogP contribution >= 0.6 is 0 Å². The Hall–Kier alpha value is -9.14. The molecule has 0 N–H and O–H groups in total. The topological polar surface area (TPSA) is 108 Å². The van der Waals surface area contributed by atoms with Crippen molar-refractivity contribution in [1.82, 2.24) is 39.9 Å². The van der Waals surface area contributed by atoms with Gasteiger partial charge < -0.3 is 19.9 Å². The van der Waals surface area contributed by atoms with E-state index < -0.39 is 0 Å². The van der Waals surface area contributed by atoms with Gasteiger partial charge in [0, 0.05) is 44.5 Å². The molecule has 16 bridgehead atoms. The van der Waals surface area contributed by atoms with Crippen LogP contribution in [0.25, 0.3) is 177 Å². The van der Waals surface area contributed by atoms with Crippen LogP contribution < -0.4 is 19.9 Å². The Balaban J connectivity index is 0.00000253. The molecule has 10 heterocycles. The molecule has 360 valence electrons. The molecule has 4 aliphatic heterocycles. The van der Waals surface area contributed by atoms with E-state index in [-0.39, 0.29) is 34.1 Å². The summed E-state index contributed by atoms with van der Waals surface area (Å²) in [6, 6.07) is 72.2. The van der Waals surface area contributed by atoms with Gasteiger partial charge in [0.2, 0.25) is 0 Å². The van der Waals surface area contributed by atoms with Crippen molar-refractivity contribution in [3.63, 3.8) is 0 Å². The van der Waals surface area contributed by atoms with E-state index in [1.54, 1.807) is 0 Å². The Bertz CT molecular complexity index is 4440. The van der Waals surface area contributed by atoms with Crippen molar-refractivity contribution in [3.05, 3.63) is 206 Å². The molecule has 0 unspecified atom stereocenters. The van der Waals surface area contributed by atoms with Crippen LogP contribution in [0.2, 0.25) is 0 Å². The van der Waals surface area contributed by atoms with E-state index in [2.05, 4.69) is 206 Å². The summed E-state index contributed by atoms with van der Waals surface area (Å²) in [7, 11) is 0. The zero-order valence-electron chi connectivity index (χ0n) is 39.8. The fraction of sp³-hybridized carbons (Fsp3) is 0. The second-order valence-corrected chi connectivity index (χ2v) is 19.4. The summed E-state index contributed by atoms with van der Waals surface area (Å²) in [6.07, 6.45) is 0. The van der Waals surface area contributed by atoms with Gasteiger partial charge in [-0.2, -0.15) is 0 Å². The molecular formula is C66H34Cu2N8. The molecule has 7 aromatic carbocycles. The minimum atomic E-state index is 0. The molecule has 10 heteroatoms. The van der Waals surface area contributed by atoms with Crippen molar-refractivity contribution < 1.29 is 34.1 Å². The number of benzene rings is 7. The normalized spacial score (nSPS) is 12.0. The van der Waals surface area contributed by atoms with Crippen LogP contribution in [0.15, 0.2) is 206 Å². The first kappa shape index (κ1) is 44.4. The van der Waals surface area contributed by atoms with Crippen molar-refractivity contribution in [3.8, 4) is 90.1 Å². The Kier molecular flexibility index (Phi) is 9.74. The first-order valence-corrected chi connectivity index (χ1v) is 24.8. The van der Waals surface area contributed by atoms with E-state index in [0.29, 0.717) is 0 Å². The van der Waals surface area contributed by atoms with Crippen LogP contribution in [0.3, 0.4) is 0 Å². The fourth-order valence-electron chi connectivity index (χ4n) is 11.8. The third-order valence-corrected chi connectivity index (χ3v) is 15.3. The first-order chi connectivity index (χ1) is 36.6. The van der Waals surface area contributed by atoms with Crippen LogP contribution in [0.1, 0.15) is 0 Å². The molecule has 4 aliphatic rings. The number of rotatable bonds is 0. The zero-order chi connectivity index (χ0) is 48.2. The van der Waals surface area contributed by atoms with Gasteiger partial charge in [0.15, 0.2) is 0 Å². The van der Waals surface area contributed by atoms with Gasteiger partial charge in [0.25, 0.3) is 0 Å². The predicted octanol–water partition coefficient (Wildman–Crippen LogP) is 15.4. The second kappa shape index (κ2) is 16.7. The summed E-state index contributed by atoms with van der Waals surface area (Å²) >= 11 is 0. The minimum absolute atomic E-state index is 0. The van der Waals surface area contributed by atoms with Crippen LogP contribution in [-0.4, -0.2) is 19.9 Å². The van der Waals surface area contributed by atoms with Gasteiger partial charge in [-0.1, -0.05) is 146 Å². The third kappa shape index (κ3) is 6.56. The van der Waals surface area contributed by atoms with E-state index in [0.717, 1.165) is 177 Å². The molecule has 0 saturated heterocycles. The summed E-state index contributed by atoms with van der Waals surface area (Å²) < 4.78 is 0. The Labute approximate surface area is 454 Å². The van der Waals surface area contributed by atoms with E-state index >= 15 is 0 Å². The molecule has 0 amide bonds. The van der Waals surface area contributed by atoms with Crippen molar-refractivity contribution >= 4 is 87.2 Å². The molecule has 13 aromatic rings. The van der Waals surface area contributed by atoms with E-state index in [1.165, 1.54) is 0 Å². The maximum absolute atomic E-state index is 5.54. The van der Waals surface area contributed by atoms with Crippen molar-refractivity contribution in [1.29, 1.82) is 0 Å². The van der Waals surface area contributed by atoms with Gasteiger partial charge >= 0.3 is 34.1 Å². The monoisotopic (exact) mass is 1060 g/mol. The van der Waals surface area contributed by atoms with Crippen LogP contribution in [0.5, 0.6) is 0 Å². The Morgan fingerprint density at radius 1 is 0.184 bits per heavy atom. The van der Waals surface area contributed by atoms with Crippen LogP contribution in [0, 0.1) is 0 Å². The van der Waals surface area contributed by atoms with Gasteiger partial charge in [0.1, 0.15) is 0 Å². The van der Waals surface area contributed by atoms with E-state index in [9.17, 15) is 0 Å². The maximum atomic E-state index is 5.54. The van der Waals surface area contributed by atoms with Crippen molar-refractivity contribution in [2.75, 3.05) is 0 Å². The Morgan fingerprint density at radius 2 is 0.342 bits per heavy atom. The molecule has 6 aromatic heterocycles. The summed E-state index contributed by atoms with van der Waals surface area (Å²) in [4.78, 5) is 43.1. The van der Waals surface area contributed by atoms with Crippen LogP contribution in [0.4, 0.5) is 0 Å². The van der Waals surface area contributed by atoms with Gasteiger partial charge in [0.05, 0.1) is 45.6 Å². The summed E-state index contributed by atoms with van der Waals surface area (Å²) in [5, 5.41) is 8.19. The third-order valence-electron chi connectivity index (χ3n) is 15.3. The van der Waals surface area contributed by atoms with Gasteiger partial charge in [-0.3, -0.25) is 0 Å². The molecule has 0 spiro atoms. The van der Waals surface area contributed by atoms with E-state index in [4.69, 9.17) is 39.9 Å². The minimum Gasteiger partial charge on any atom is -0.657 e. The molecule has 8 nitrogen and oxygen atoms in total. The number of hydrogen-bond acceptors (Lipinski definition) is 4. The predicted molar refractivity (Wildman–Crippen MR) is 299 cm³/mol. The first-order valence-electron chi connectivity index (χ1n) is 24.8. The van der Waals surface area contributed by atoms with Gasteiger partial charge in [-0.05, 0) is 104 Å². The Morgan fingerprint density at radius 3 is 0.526 bits per heavy atom. The molecule has 2 radical (unpaired) electrons. The van der Waals surface area contributed by atoms with Crippen molar-refractivity contribution in [2.45, 2.75) is 0 Å². The van der Waals surface area contributed by atoms with E-state index in [1.807, 2.05) is 0 Å². The molecular weight excluding hydrogens is 1030 g/mol. The number of fused-ring (bicyclic) bond motifs is 40. The summed E-state index contributed by atoms with van der Waals surface area (Å²) in [6.45, 7) is 0.